The van der Waals surface area contributed by atoms with Crippen molar-refractivity contribution in [1.82, 2.24) is 0 Å². The summed E-state index contributed by atoms with van der Waals surface area (Å²) >= 11 is 5.14. The van der Waals surface area contributed by atoms with Crippen molar-refractivity contribution in [2.45, 2.75) is 19.1 Å². The summed E-state index contributed by atoms with van der Waals surface area (Å²) < 4.78 is 6.70. The topological polar surface area (TPSA) is 46.5 Å². The second-order valence-electron chi connectivity index (χ2n) is 4.41. The molecule has 0 saturated heterocycles. The van der Waals surface area contributed by atoms with Gasteiger partial charge in [0.25, 0.3) is 0 Å². The number of thioether (sulfide) groups is 1. The van der Waals surface area contributed by atoms with Gasteiger partial charge in [-0.05, 0) is 17.7 Å². The lowest BCUT2D eigenvalue weighted by Gasteiger charge is -2.10. The zero-order valence-corrected chi connectivity index (χ0v) is 12.5. The Balaban J connectivity index is 2.00. The summed E-state index contributed by atoms with van der Waals surface area (Å²) in [4.78, 5) is 10.7. The third-order valence-corrected chi connectivity index (χ3v) is 4.58. The number of fused-ring (bicyclic) bond motifs is 1. The molecule has 1 aliphatic heterocycles. The molecule has 0 radical (unpaired) electrons. The van der Waals surface area contributed by atoms with Gasteiger partial charge in [0.1, 0.15) is 5.75 Å². The average Bonchev–Trinajstić information content (AvgIpc) is 2.76. The molecule has 0 spiro atoms. The number of hydrogen-bond acceptors (Lipinski definition) is 3. The largest absolute Gasteiger partial charge is 0.493 e. The van der Waals surface area contributed by atoms with Crippen LogP contribution in [0.2, 0.25) is 0 Å². The quantitative estimate of drug-likeness (QED) is 0.899. The molecule has 0 fully saturated rings. The summed E-state index contributed by atoms with van der Waals surface area (Å²) in [6.07, 6.45) is 0.956. The van der Waals surface area contributed by atoms with Gasteiger partial charge < -0.3 is 9.84 Å². The highest BCUT2D eigenvalue weighted by atomic mass is 79.9. The van der Waals surface area contributed by atoms with Crippen molar-refractivity contribution in [3.8, 4) is 5.75 Å². The molecule has 0 amide bonds. The summed E-state index contributed by atoms with van der Waals surface area (Å²) in [6.45, 7) is 2.48. The Morgan fingerprint density at radius 1 is 1.61 bits per heavy atom. The van der Waals surface area contributed by atoms with Gasteiger partial charge in [-0.3, -0.25) is 4.79 Å². The molecule has 3 nitrogen and oxygen atoms in total. The fourth-order valence-electron chi connectivity index (χ4n) is 1.87. The molecule has 0 bridgehead atoms. The summed E-state index contributed by atoms with van der Waals surface area (Å²) in [5.41, 5.74) is 2.39. The van der Waals surface area contributed by atoms with Gasteiger partial charge in [-0.25, -0.2) is 0 Å². The van der Waals surface area contributed by atoms with Gasteiger partial charge in [0.05, 0.1) is 12.5 Å². The van der Waals surface area contributed by atoms with E-state index >= 15 is 0 Å². The van der Waals surface area contributed by atoms with E-state index in [-0.39, 0.29) is 5.92 Å². The zero-order valence-electron chi connectivity index (χ0n) is 10.1. The maximum absolute atomic E-state index is 10.7. The Morgan fingerprint density at radius 3 is 3.11 bits per heavy atom. The van der Waals surface area contributed by atoms with Gasteiger partial charge in [-0.15, -0.1) is 0 Å². The molecule has 1 N–H and O–H groups in total. The highest BCUT2D eigenvalue weighted by Crippen LogP contribution is 2.35. The van der Waals surface area contributed by atoms with Crippen molar-refractivity contribution in [3.05, 3.63) is 27.7 Å². The predicted octanol–water partition coefficient (Wildman–Crippen LogP) is 3.34. The molecule has 98 valence electrons. The van der Waals surface area contributed by atoms with Gasteiger partial charge in [-0.2, -0.15) is 11.8 Å². The van der Waals surface area contributed by atoms with Crippen LogP contribution in [0.4, 0.5) is 0 Å². The first-order valence-electron chi connectivity index (χ1n) is 5.82. The summed E-state index contributed by atoms with van der Waals surface area (Å²) in [6, 6.07) is 4.15. The van der Waals surface area contributed by atoms with Crippen LogP contribution in [0.3, 0.4) is 0 Å². The van der Waals surface area contributed by atoms with Crippen LogP contribution in [0.1, 0.15) is 18.1 Å². The minimum atomic E-state index is -0.738. The van der Waals surface area contributed by atoms with Crippen LogP contribution < -0.4 is 4.74 Å². The van der Waals surface area contributed by atoms with Crippen LogP contribution in [0.15, 0.2) is 16.6 Å². The zero-order chi connectivity index (χ0) is 13.1. The number of aliphatic carboxylic acids is 1. The van der Waals surface area contributed by atoms with Gasteiger partial charge in [-0.1, -0.05) is 22.9 Å². The van der Waals surface area contributed by atoms with Gasteiger partial charge in [0.15, 0.2) is 0 Å². The lowest BCUT2D eigenvalue weighted by atomic mass is 10.1. The number of carboxylic acid groups (broad SMARTS) is 1. The van der Waals surface area contributed by atoms with E-state index in [0.29, 0.717) is 5.75 Å². The van der Waals surface area contributed by atoms with E-state index in [1.807, 2.05) is 0 Å². The molecule has 2 rings (SSSR count). The summed E-state index contributed by atoms with van der Waals surface area (Å²) in [5.74, 6) is 1.36. The molecular formula is C13H15BrO3S. The van der Waals surface area contributed by atoms with E-state index in [2.05, 4.69) is 28.1 Å². The number of ether oxygens (including phenoxy) is 1. The third-order valence-electron chi connectivity index (χ3n) is 2.87. The smallest absolute Gasteiger partial charge is 0.307 e. The summed E-state index contributed by atoms with van der Waals surface area (Å²) in [7, 11) is 0. The van der Waals surface area contributed by atoms with Crippen LogP contribution in [0.25, 0.3) is 0 Å². The molecule has 1 heterocycles. The van der Waals surface area contributed by atoms with Crippen molar-refractivity contribution in [3.63, 3.8) is 0 Å². The number of carboxylic acids is 1. The second-order valence-corrected chi connectivity index (χ2v) is 6.35. The van der Waals surface area contributed by atoms with E-state index in [4.69, 9.17) is 9.84 Å². The van der Waals surface area contributed by atoms with Gasteiger partial charge in [0, 0.05) is 28.0 Å². The number of hydrogen-bond donors (Lipinski definition) is 1. The minimum Gasteiger partial charge on any atom is -0.493 e. The van der Waals surface area contributed by atoms with Crippen molar-refractivity contribution < 1.29 is 14.6 Å². The molecule has 0 saturated carbocycles. The lowest BCUT2D eigenvalue weighted by molar-refractivity contribution is -0.140. The third kappa shape index (κ3) is 3.20. The fourth-order valence-corrected chi connectivity index (χ4v) is 3.47. The Kier molecular flexibility index (Phi) is 4.56. The first-order chi connectivity index (χ1) is 8.58. The monoisotopic (exact) mass is 330 g/mol. The number of benzene rings is 1. The second kappa shape index (κ2) is 5.97. The van der Waals surface area contributed by atoms with Gasteiger partial charge >= 0.3 is 5.97 Å². The molecule has 0 aromatic heterocycles. The predicted molar refractivity (Wildman–Crippen MR) is 76.3 cm³/mol. The fraction of sp³-hybridized carbons (Fsp3) is 0.462. The molecule has 18 heavy (non-hydrogen) atoms. The highest BCUT2D eigenvalue weighted by molar-refractivity contribution is 9.10. The normalized spacial score (nSPS) is 15.0. The number of rotatable bonds is 5. The molecule has 1 unspecified atom stereocenters. The Morgan fingerprint density at radius 2 is 2.39 bits per heavy atom. The van der Waals surface area contributed by atoms with E-state index in [9.17, 15) is 4.79 Å². The van der Waals surface area contributed by atoms with Crippen LogP contribution >= 0.6 is 27.7 Å². The molecule has 5 heteroatoms. The Bertz CT molecular complexity index is 462. The minimum absolute atomic E-state index is 0.309. The molecule has 0 aliphatic carbocycles. The highest BCUT2D eigenvalue weighted by Gasteiger charge is 2.18. The van der Waals surface area contributed by atoms with Crippen molar-refractivity contribution in [2.75, 3.05) is 12.4 Å². The van der Waals surface area contributed by atoms with Crippen LogP contribution in [0, 0.1) is 5.92 Å². The standard InChI is InChI=1S/C13H15BrO3S/c1-8(13(15)16)6-18-7-10-5-11(14)4-9-2-3-17-12(9)10/h4-5,8H,2-3,6-7H2,1H3,(H,15,16). The van der Waals surface area contributed by atoms with Crippen LogP contribution in [-0.4, -0.2) is 23.4 Å². The van der Waals surface area contributed by atoms with E-state index in [1.165, 1.54) is 5.56 Å². The molecule has 1 aromatic carbocycles. The van der Waals surface area contributed by atoms with Crippen molar-refractivity contribution in [2.24, 2.45) is 5.92 Å². The SMILES string of the molecule is CC(CSCc1cc(Br)cc2c1OCC2)C(=O)O. The maximum Gasteiger partial charge on any atom is 0.307 e. The average molecular weight is 331 g/mol. The first-order valence-corrected chi connectivity index (χ1v) is 7.77. The van der Waals surface area contributed by atoms with Gasteiger partial charge in [0.2, 0.25) is 0 Å². The van der Waals surface area contributed by atoms with Crippen LogP contribution in [0.5, 0.6) is 5.75 Å². The van der Waals surface area contributed by atoms with Crippen molar-refractivity contribution in [1.29, 1.82) is 0 Å². The lowest BCUT2D eigenvalue weighted by Crippen LogP contribution is -2.11. The molecule has 1 aliphatic rings. The van der Waals surface area contributed by atoms with Crippen LogP contribution in [-0.2, 0) is 17.0 Å². The van der Waals surface area contributed by atoms with E-state index in [1.54, 1.807) is 18.7 Å². The molecule has 1 aromatic rings. The summed E-state index contributed by atoms with van der Waals surface area (Å²) in [5, 5.41) is 8.83. The maximum atomic E-state index is 10.7. The van der Waals surface area contributed by atoms with E-state index < -0.39 is 5.97 Å². The van der Waals surface area contributed by atoms with Crippen molar-refractivity contribution >= 4 is 33.7 Å². The molecule has 1 atom stereocenters. The number of halogens is 1. The Hall–Kier alpha value is -0.680. The number of carbonyl (C=O) groups is 1. The van der Waals surface area contributed by atoms with E-state index in [0.717, 1.165) is 34.6 Å². The Labute approximate surface area is 119 Å². The molecular weight excluding hydrogens is 316 g/mol. The first kappa shape index (κ1) is 13.7.